The number of hydrogen-bond acceptors (Lipinski definition) is 2. The molecular formula is C6H11O2S. The van der Waals surface area contributed by atoms with Crippen molar-refractivity contribution in [3.05, 3.63) is 0 Å². The van der Waals surface area contributed by atoms with Gasteiger partial charge in [-0.1, -0.05) is 19.6 Å². The van der Waals surface area contributed by atoms with Crippen LogP contribution in [0.1, 0.15) is 20.3 Å². The van der Waals surface area contributed by atoms with Crippen LogP contribution in [0.15, 0.2) is 0 Å². The highest BCUT2D eigenvalue weighted by Crippen LogP contribution is 1.96. The highest BCUT2D eigenvalue weighted by atomic mass is 32.1. The highest BCUT2D eigenvalue weighted by Gasteiger charge is 2.03. The normalized spacial score (nSPS) is 12.8. The van der Waals surface area contributed by atoms with Crippen molar-refractivity contribution in [2.75, 3.05) is 5.75 Å². The molecule has 0 fully saturated rings. The lowest BCUT2D eigenvalue weighted by atomic mass is 10.3. The zero-order valence-corrected chi connectivity index (χ0v) is 6.53. The standard InChI is InChI=1S/C6H11O2S/c1-3-5(2)8-6(7)4-9/h5H,3-4H2,1-2H3. The van der Waals surface area contributed by atoms with Crippen molar-refractivity contribution in [3.63, 3.8) is 0 Å². The van der Waals surface area contributed by atoms with Crippen molar-refractivity contribution < 1.29 is 9.53 Å². The van der Waals surface area contributed by atoms with Gasteiger partial charge in [-0.2, -0.15) is 0 Å². The Morgan fingerprint density at radius 3 is 2.67 bits per heavy atom. The Balaban J connectivity index is 3.34. The summed E-state index contributed by atoms with van der Waals surface area (Å²) < 4.78 is 4.81. The molecule has 53 valence electrons. The molecule has 1 atom stereocenters. The maximum Gasteiger partial charge on any atom is 0.317 e. The average molecular weight is 147 g/mol. The Labute approximate surface area is 61.0 Å². The zero-order chi connectivity index (χ0) is 7.28. The molecule has 0 bridgehead atoms. The van der Waals surface area contributed by atoms with E-state index in [4.69, 9.17) is 4.74 Å². The van der Waals surface area contributed by atoms with Gasteiger partial charge in [0.25, 0.3) is 0 Å². The molecule has 0 aliphatic rings. The first-order chi connectivity index (χ1) is 4.20. The summed E-state index contributed by atoms with van der Waals surface area (Å²) in [5.41, 5.74) is 0. The van der Waals surface area contributed by atoms with Crippen LogP contribution in [0.4, 0.5) is 0 Å². The van der Waals surface area contributed by atoms with Crippen LogP contribution in [-0.2, 0) is 9.53 Å². The van der Waals surface area contributed by atoms with E-state index in [9.17, 15) is 4.79 Å². The fourth-order valence-corrected chi connectivity index (χ4v) is 0.410. The van der Waals surface area contributed by atoms with Gasteiger partial charge in [0.15, 0.2) is 0 Å². The molecule has 1 unspecified atom stereocenters. The molecule has 0 spiro atoms. The summed E-state index contributed by atoms with van der Waals surface area (Å²) in [6.45, 7) is 3.81. The molecule has 0 saturated carbocycles. The van der Waals surface area contributed by atoms with E-state index < -0.39 is 0 Å². The minimum absolute atomic E-state index is 0.0143. The lowest BCUT2D eigenvalue weighted by Crippen LogP contribution is -2.14. The molecule has 2 nitrogen and oxygen atoms in total. The summed E-state index contributed by atoms with van der Waals surface area (Å²) in [5, 5.41) is 0. The Morgan fingerprint density at radius 1 is 1.78 bits per heavy atom. The molecular weight excluding hydrogens is 136 g/mol. The lowest BCUT2D eigenvalue weighted by Gasteiger charge is -2.07. The summed E-state index contributed by atoms with van der Waals surface area (Å²) in [6, 6.07) is 0. The van der Waals surface area contributed by atoms with Crippen molar-refractivity contribution in [3.8, 4) is 0 Å². The van der Waals surface area contributed by atoms with E-state index in [2.05, 4.69) is 12.6 Å². The molecule has 0 amide bonds. The number of esters is 1. The van der Waals surface area contributed by atoms with E-state index in [1.165, 1.54) is 0 Å². The Kier molecular flexibility index (Phi) is 4.58. The van der Waals surface area contributed by atoms with Gasteiger partial charge in [0, 0.05) is 0 Å². The van der Waals surface area contributed by atoms with Crippen LogP contribution in [0.2, 0.25) is 0 Å². The van der Waals surface area contributed by atoms with E-state index in [1.807, 2.05) is 13.8 Å². The minimum atomic E-state index is -0.292. The van der Waals surface area contributed by atoms with Crippen LogP contribution in [0.5, 0.6) is 0 Å². The average Bonchev–Trinajstić information content (AvgIpc) is 1.87. The van der Waals surface area contributed by atoms with Crippen molar-refractivity contribution in [1.29, 1.82) is 0 Å². The van der Waals surface area contributed by atoms with Crippen LogP contribution in [0.25, 0.3) is 0 Å². The number of carbonyl (C=O) groups is 1. The summed E-state index contributed by atoms with van der Waals surface area (Å²) in [7, 11) is 0. The van der Waals surface area contributed by atoms with E-state index in [0.717, 1.165) is 6.42 Å². The van der Waals surface area contributed by atoms with Crippen molar-refractivity contribution in [2.24, 2.45) is 0 Å². The molecule has 9 heavy (non-hydrogen) atoms. The second-order valence-corrected chi connectivity index (χ2v) is 2.14. The largest absolute Gasteiger partial charge is 0.462 e. The number of carbonyl (C=O) groups excluding carboxylic acids is 1. The number of rotatable bonds is 3. The molecule has 0 aromatic heterocycles. The van der Waals surface area contributed by atoms with Gasteiger partial charge in [-0.25, -0.2) is 0 Å². The van der Waals surface area contributed by atoms with E-state index in [0.29, 0.717) is 0 Å². The van der Waals surface area contributed by atoms with Gasteiger partial charge in [-0.05, 0) is 13.3 Å². The Bertz CT molecular complexity index is 93.1. The molecule has 0 aromatic rings. The third-order valence-corrected chi connectivity index (χ3v) is 1.26. The van der Waals surface area contributed by atoms with Crippen LogP contribution < -0.4 is 0 Å². The number of hydrogen-bond donors (Lipinski definition) is 0. The second-order valence-electron chi connectivity index (χ2n) is 1.85. The van der Waals surface area contributed by atoms with Gasteiger partial charge in [-0.3, -0.25) is 4.79 Å². The summed E-state index contributed by atoms with van der Waals surface area (Å²) in [5.74, 6) is -0.232. The fourth-order valence-electron chi connectivity index (χ4n) is 0.342. The van der Waals surface area contributed by atoms with Crippen molar-refractivity contribution in [1.82, 2.24) is 0 Å². The predicted octanol–water partition coefficient (Wildman–Crippen LogP) is 1.53. The molecule has 3 heteroatoms. The molecule has 0 heterocycles. The quantitative estimate of drug-likeness (QED) is 0.566. The van der Waals surface area contributed by atoms with Gasteiger partial charge in [0.05, 0.1) is 6.10 Å². The summed E-state index contributed by atoms with van der Waals surface area (Å²) in [4.78, 5) is 10.5. The van der Waals surface area contributed by atoms with Gasteiger partial charge in [-0.15, -0.1) is 0 Å². The van der Waals surface area contributed by atoms with Gasteiger partial charge in [0.2, 0.25) is 0 Å². The highest BCUT2D eigenvalue weighted by molar-refractivity contribution is 7.81. The van der Waals surface area contributed by atoms with Gasteiger partial charge >= 0.3 is 5.97 Å². The minimum Gasteiger partial charge on any atom is -0.462 e. The molecule has 0 aromatic carbocycles. The molecule has 0 aliphatic carbocycles. The zero-order valence-electron chi connectivity index (χ0n) is 5.72. The van der Waals surface area contributed by atoms with E-state index in [1.54, 1.807) is 0 Å². The Hall–Kier alpha value is -0.180. The van der Waals surface area contributed by atoms with Crippen LogP contribution in [0, 0.1) is 0 Å². The first-order valence-corrected chi connectivity index (χ1v) is 3.56. The SMILES string of the molecule is CCC(C)OC(=O)C[S]. The van der Waals surface area contributed by atoms with E-state index >= 15 is 0 Å². The third-order valence-electron chi connectivity index (χ3n) is 1.03. The molecule has 0 N–H and O–H groups in total. The topological polar surface area (TPSA) is 26.3 Å². The summed E-state index contributed by atoms with van der Waals surface area (Å²) >= 11 is 4.47. The van der Waals surface area contributed by atoms with Crippen LogP contribution in [0.3, 0.4) is 0 Å². The molecule has 1 radical (unpaired) electrons. The second kappa shape index (κ2) is 4.68. The molecule has 0 rings (SSSR count). The Morgan fingerprint density at radius 2 is 2.33 bits per heavy atom. The van der Waals surface area contributed by atoms with Crippen molar-refractivity contribution in [2.45, 2.75) is 26.4 Å². The maximum absolute atomic E-state index is 10.5. The molecule has 0 aliphatic heterocycles. The predicted molar refractivity (Wildman–Crippen MR) is 38.3 cm³/mol. The molecule has 0 saturated heterocycles. The number of ether oxygens (including phenoxy) is 1. The summed E-state index contributed by atoms with van der Waals surface area (Å²) in [6.07, 6.45) is 0.863. The smallest absolute Gasteiger partial charge is 0.317 e. The lowest BCUT2D eigenvalue weighted by molar-refractivity contribution is -0.144. The van der Waals surface area contributed by atoms with Crippen LogP contribution >= 0.6 is 12.6 Å². The van der Waals surface area contributed by atoms with Gasteiger partial charge < -0.3 is 4.74 Å². The fraction of sp³-hybridized carbons (Fsp3) is 0.833. The first-order valence-electron chi connectivity index (χ1n) is 2.98. The first kappa shape index (κ1) is 8.82. The monoisotopic (exact) mass is 147 g/mol. The third kappa shape index (κ3) is 4.33. The maximum atomic E-state index is 10.5. The van der Waals surface area contributed by atoms with Crippen LogP contribution in [-0.4, -0.2) is 17.8 Å². The van der Waals surface area contributed by atoms with Crippen molar-refractivity contribution >= 4 is 18.6 Å². The van der Waals surface area contributed by atoms with E-state index in [-0.39, 0.29) is 17.8 Å². The van der Waals surface area contributed by atoms with Gasteiger partial charge in [0.1, 0.15) is 5.75 Å².